The van der Waals surface area contributed by atoms with E-state index in [1.807, 2.05) is 11.3 Å². The fourth-order valence-corrected chi connectivity index (χ4v) is 3.02. The quantitative estimate of drug-likeness (QED) is 0.763. The maximum Gasteiger partial charge on any atom is 0.0561 e. The van der Waals surface area contributed by atoms with E-state index in [1.54, 1.807) is 0 Å². The van der Waals surface area contributed by atoms with Gasteiger partial charge in [-0.05, 0) is 38.4 Å². The van der Waals surface area contributed by atoms with Gasteiger partial charge in [-0.25, -0.2) is 0 Å². The summed E-state index contributed by atoms with van der Waals surface area (Å²) >= 11 is 1.85. The molecule has 0 bridgehead atoms. The minimum atomic E-state index is 0.501. The fraction of sp³-hybridized carbons (Fsp3) is 0.714. The highest BCUT2D eigenvalue weighted by Gasteiger charge is 2.16. The molecule has 0 spiro atoms. The van der Waals surface area contributed by atoms with E-state index in [0.29, 0.717) is 12.1 Å². The van der Waals surface area contributed by atoms with Gasteiger partial charge >= 0.3 is 0 Å². The molecule has 0 fully saturated rings. The Morgan fingerprint density at radius 3 is 2.59 bits per heavy atom. The maximum absolute atomic E-state index is 3.71. The Morgan fingerprint density at radius 1 is 1.35 bits per heavy atom. The molecule has 0 saturated carbocycles. The first-order chi connectivity index (χ1) is 8.19. The highest BCUT2D eigenvalue weighted by Crippen LogP contribution is 2.22. The molecule has 0 aliphatic heterocycles. The predicted octanol–water partition coefficient (Wildman–Crippen LogP) is 3.52. The number of rotatable bonds is 8. The molecule has 0 aliphatic rings. The third-order valence-electron chi connectivity index (χ3n) is 3.22. The van der Waals surface area contributed by atoms with Crippen molar-refractivity contribution in [1.82, 2.24) is 10.2 Å². The molecule has 0 aromatic carbocycles. The first kappa shape index (κ1) is 14.7. The van der Waals surface area contributed by atoms with E-state index in [-0.39, 0.29) is 0 Å². The lowest BCUT2D eigenvalue weighted by Gasteiger charge is -2.26. The minimum Gasteiger partial charge on any atom is -0.312 e. The summed E-state index contributed by atoms with van der Waals surface area (Å²) in [4.78, 5) is 3.76. The lowest BCUT2D eigenvalue weighted by Crippen LogP contribution is -2.36. The van der Waals surface area contributed by atoms with Crippen molar-refractivity contribution in [1.29, 1.82) is 0 Å². The zero-order valence-electron chi connectivity index (χ0n) is 11.6. The average Bonchev–Trinajstić information content (AvgIpc) is 2.81. The van der Waals surface area contributed by atoms with Gasteiger partial charge < -0.3 is 10.2 Å². The second-order valence-corrected chi connectivity index (χ2v) is 5.78. The number of likely N-dealkylation sites (N-methyl/N-ethyl adjacent to an activating group) is 1. The van der Waals surface area contributed by atoms with Crippen LogP contribution in [0.3, 0.4) is 0 Å². The summed E-state index contributed by atoms with van der Waals surface area (Å²) in [5.41, 5.74) is 0. The molecule has 1 aromatic rings. The molecule has 0 saturated heterocycles. The fourth-order valence-electron chi connectivity index (χ4n) is 2.10. The van der Waals surface area contributed by atoms with Crippen molar-refractivity contribution in [2.75, 3.05) is 20.6 Å². The molecule has 2 unspecified atom stereocenters. The van der Waals surface area contributed by atoms with Gasteiger partial charge in [0, 0.05) is 17.5 Å². The van der Waals surface area contributed by atoms with E-state index >= 15 is 0 Å². The number of nitrogens with zero attached hydrogens (tertiary/aromatic N) is 1. The van der Waals surface area contributed by atoms with Gasteiger partial charge in [0.05, 0.1) is 6.04 Å². The normalized spacial score (nSPS) is 15.1. The molecule has 0 aliphatic carbocycles. The van der Waals surface area contributed by atoms with Gasteiger partial charge in [-0.3, -0.25) is 0 Å². The highest BCUT2D eigenvalue weighted by molar-refractivity contribution is 7.10. The summed E-state index contributed by atoms with van der Waals surface area (Å²) in [5.74, 6) is 0. The molecular formula is C14H26N2S. The Balaban J connectivity index is 2.50. The molecule has 1 heterocycles. The van der Waals surface area contributed by atoms with Crippen molar-refractivity contribution in [2.24, 2.45) is 0 Å². The Kier molecular flexibility index (Phi) is 6.78. The minimum absolute atomic E-state index is 0.501. The standard InChI is InChI=1S/C14H26N2S/c1-5-8-12(6-2)15-11-13(16(3)4)14-9-7-10-17-14/h7,9-10,12-13,15H,5-6,8,11H2,1-4H3. The molecular weight excluding hydrogens is 228 g/mol. The van der Waals surface area contributed by atoms with Crippen LogP contribution in [0.15, 0.2) is 17.5 Å². The SMILES string of the molecule is CCCC(CC)NCC(c1cccs1)N(C)C. The molecule has 0 amide bonds. The molecule has 98 valence electrons. The van der Waals surface area contributed by atoms with Crippen molar-refractivity contribution in [3.8, 4) is 0 Å². The molecule has 0 radical (unpaired) electrons. The first-order valence-electron chi connectivity index (χ1n) is 6.62. The Morgan fingerprint density at radius 2 is 2.12 bits per heavy atom. The van der Waals surface area contributed by atoms with Crippen LogP contribution in [0, 0.1) is 0 Å². The van der Waals surface area contributed by atoms with Crippen LogP contribution in [-0.2, 0) is 0 Å². The predicted molar refractivity (Wildman–Crippen MR) is 77.7 cm³/mol. The summed E-state index contributed by atoms with van der Waals surface area (Å²) < 4.78 is 0. The topological polar surface area (TPSA) is 15.3 Å². The molecule has 17 heavy (non-hydrogen) atoms. The maximum atomic E-state index is 3.71. The van der Waals surface area contributed by atoms with E-state index in [2.05, 4.69) is 55.7 Å². The first-order valence-corrected chi connectivity index (χ1v) is 7.50. The van der Waals surface area contributed by atoms with Gasteiger partial charge in [0.1, 0.15) is 0 Å². The van der Waals surface area contributed by atoms with Crippen LogP contribution < -0.4 is 5.32 Å². The van der Waals surface area contributed by atoms with Crippen LogP contribution in [0.5, 0.6) is 0 Å². The van der Waals surface area contributed by atoms with Crippen molar-refractivity contribution < 1.29 is 0 Å². The third kappa shape index (κ3) is 4.78. The van der Waals surface area contributed by atoms with Gasteiger partial charge in [0.25, 0.3) is 0 Å². The highest BCUT2D eigenvalue weighted by atomic mass is 32.1. The van der Waals surface area contributed by atoms with E-state index in [4.69, 9.17) is 0 Å². The number of thiophene rings is 1. The third-order valence-corrected chi connectivity index (χ3v) is 4.20. The zero-order chi connectivity index (χ0) is 12.7. The van der Waals surface area contributed by atoms with Crippen LogP contribution in [0.4, 0.5) is 0 Å². The number of hydrogen-bond donors (Lipinski definition) is 1. The lowest BCUT2D eigenvalue weighted by atomic mass is 10.1. The van der Waals surface area contributed by atoms with Gasteiger partial charge in [-0.15, -0.1) is 11.3 Å². The Labute approximate surface area is 110 Å². The van der Waals surface area contributed by atoms with E-state index in [9.17, 15) is 0 Å². The van der Waals surface area contributed by atoms with Crippen LogP contribution in [0.25, 0.3) is 0 Å². The Bertz CT molecular complexity index is 282. The summed E-state index contributed by atoms with van der Waals surface area (Å²) in [5, 5.41) is 5.87. The van der Waals surface area contributed by atoms with Gasteiger partial charge in [-0.1, -0.05) is 26.3 Å². The number of hydrogen-bond acceptors (Lipinski definition) is 3. The van der Waals surface area contributed by atoms with Gasteiger partial charge in [0.2, 0.25) is 0 Å². The van der Waals surface area contributed by atoms with E-state index in [0.717, 1.165) is 6.54 Å². The molecule has 2 atom stereocenters. The average molecular weight is 254 g/mol. The van der Waals surface area contributed by atoms with Crippen molar-refractivity contribution in [3.63, 3.8) is 0 Å². The molecule has 1 N–H and O–H groups in total. The number of nitrogens with one attached hydrogen (secondary N) is 1. The molecule has 1 rings (SSSR count). The van der Waals surface area contributed by atoms with Crippen molar-refractivity contribution >= 4 is 11.3 Å². The van der Waals surface area contributed by atoms with Crippen LogP contribution in [0.1, 0.15) is 44.0 Å². The van der Waals surface area contributed by atoms with Crippen LogP contribution >= 0.6 is 11.3 Å². The summed E-state index contributed by atoms with van der Waals surface area (Å²) in [6, 6.07) is 5.54. The zero-order valence-corrected chi connectivity index (χ0v) is 12.4. The second-order valence-electron chi connectivity index (χ2n) is 4.80. The molecule has 2 nitrogen and oxygen atoms in total. The van der Waals surface area contributed by atoms with Crippen LogP contribution in [0.2, 0.25) is 0 Å². The van der Waals surface area contributed by atoms with Crippen molar-refractivity contribution in [2.45, 2.75) is 45.2 Å². The largest absolute Gasteiger partial charge is 0.312 e. The monoisotopic (exact) mass is 254 g/mol. The second kappa shape index (κ2) is 7.85. The van der Waals surface area contributed by atoms with E-state index < -0.39 is 0 Å². The summed E-state index contributed by atoms with van der Waals surface area (Å²) in [6.07, 6.45) is 3.76. The Hall–Kier alpha value is -0.380. The summed E-state index contributed by atoms with van der Waals surface area (Å²) in [6.45, 7) is 5.57. The van der Waals surface area contributed by atoms with Gasteiger partial charge in [-0.2, -0.15) is 0 Å². The van der Waals surface area contributed by atoms with Crippen LogP contribution in [-0.4, -0.2) is 31.6 Å². The summed E-state index contributed by atoms with van der Waals surface area (Å²) in [7, 11) is 4.32. The molecule has 1 aromatic heterocycles. The van der Waals surface area contributed by atoms with Gasteiger partial charge in [0.15, 0.2) is 0 Å². The smallest absolute Gasteiger partial charge is 0.0561 e. The molecule has 3 heteroatoms. The van der Waals surface area contributed by atoms with E-state index in [1.165, 1.54) is 24.1 Å². The van der Waals surface area contributed by atoms with Crippen molar-refractivity contribution in [3.05, 3.63) is 22.4 Å². The lowest BCUT2D eigenvalue weighted by molar-refractivity contribution is 0.279.